The van der Waals surface area contributed by atoms with Crippen LogP contribution in [-0.2, 0) is 13.2 Å². The summed E-state index contributed by atoms with van der Waals surface area (Å²) >= 11 is 0. The van der Waals surface area contributed by atoms with Crippen LogP contribution in [0.15, 0.2) is 85.3 Å². The molecule has 0 bridgehead atoms. The normalized spacial score (nSPS) is 10.4. The van der Waals surface area contributed by atoms with Crippen molar-refractivity contribution in [1.82, 2.24) is 20.5 Å². The molecule has 0 saturated carbocycles. The Hall–Kier alpha value is -4.13. The molecule has 0 aliphatic carbocycles. The maximum absolute atomic E-state index is 12.5. The van der Waals surface area contributed by atoms with Gasteiger partial charge in [-0.3, -0.25) is 9.89 Å². The topological polar surface area (TPSA) is 91.9 Å². The molecule has 0 saturated heterocycles. The van der Waals surface area contributed by atoms with Crippen molar-refractivity contribution in [2.45, 2.75) is 13.2 Å². The van der Waals surface area contributed by atoms with E-state index >= 15 is 0 Å². The first-order valence-corrected chi connectivity index (χ1v) is 9.52. The van der Waals surface area contributed by atoms with Crippen molar-refractivity contribution in [3.05, 3.63) is 102 Å². The fourth-order valence-corrected chi connectivity index (χ4v) is 2.90. The zero-order chi connectivity index (χ0) is 20.6. The summed E-state index contributed by atoms with van der Waals surface area (Å²) in [5.41, 5.74) is 3.32. The van der Waals surface area contributed by atoms with Crippen LogP contribution in [0.5, 0.6) is 5.75 Å². The number of H-pyrrole nitrogens is 1. The molecule has 7 nitrogen and oxygen atoms in total. The average molecular weight is 399 g/mol. The molecule has 3 N–H and O–H groups in total. The second kappa shape index (κ2) is 9.38. The molecule has 0 fully saturated rings. The maximum Gasteiger partial charge on any atom is 0.251 e. The molecule has 30 heavy (non-hydrogen) atoms. The van der Waals surface area contributed by atoms with Gasteiger partial charge in [0.05, 0.1) is 11.9 Å². The minimum atomic E-state index is -0.121. The third-order valence-corrected chi connectivity index (χ3v) is 4.41. The highest BCUT2D eigenvalue weighted by Crippen LogP contribution is 2.25. The Morgan fingerprint density at radius 2 is 1.87 bits per heavy atom. The van der Waals surface area contributed by atoms with Crippen LogP contribution >= 0.6 is 0 Å². The monoisotopic (exact) mass is 399 g/mol. The summed E-state index contributed by atoms with van der Waals surface area (Å²) in [6.07, 6.45) is 5.08. The first-order valence-electron chi connectivity index (χ1n) is 9.52. The molecule has 4 rings (SSSR count). The number of aromatic amines is 1. The molecule has 4 aromatic rings. The number of carbonyl (C=O) groups is 1. The van der Waals surface area contributed by atoms with E-state index < -0.39 is 0 Å². The van der Waals surface area contributed by atoms with Crippen molar-refractivity contribution in [2.75, 3.05) is 5.32 Å². The molecule has 1 amide bonds. The van der Waals surface area contributed by atoms with Gasteiger partial charge in [-0.15, -0.1) is 0 Å². The SMILES string of the molecule is O=C(NCc1ccccc1)c1cccc(COc2cccnc2Nc2cn[nH]c2)c1. The van der Waals surface area contributed by atoms with Gasteiger partial charge in [0.2, 0.25) is 0 Å². The van der Waals surface area contributed by atoms with Crippen molar-refractivity contribution < 1.29 is 9.53 Å². The molecule has 150 valence electrons. The minimum Gasteiger partial charge on any atom is -0.485 e. The van der Waals surface area contributed by atoms with Crippen LogP contribution in [0, 0.1) is 0 Å². The molecule has 0 spiro atoms. The van der Waals surface area contributed by atoms with Gasteiger partial charge in [0, 0.05) is 24.5 Å². The minimum absolute atomic E-state index is 0.121. The van der Waals surface area contributed by atoms with E-state index in [0.29, 0.717) is 30.3 Å². The van der Waals surface area contributed by atoms with E-state index in [-0.39, 0.29) is 5.91 Å². The summed E-state index contributed by atoms with van der Waals surface area (Å²) in [5.74, 6) is 1.08. The van der Waals surface area contributed by atoms with E-state index in [1.165, 1.54) is 0 Å². The standard InChI is InChI=1S/C23H21N5O2/c29-23(25-13-17-6-2-1-3-7-17)19-9-4-8-18(12-19)16-30-21-10-5-11-24-22(21)28-20-14-26-27-15-20/h1-12,14-15H,13,16H2,(H,24,28)(H,25,29)(H,26,27). The first kappa shape index (κ1) is 19.2. The van der Waals surface area contributed by atoms with Crippen molar-refractivity contribution in [3.8, 4) is 5.75 Å². The summed E-state index contributed by atoms with van der Waals surface area (Å²) in [6.45, 7) is 0.796. The highest BCUT2D eigenvalue weighted by atomic mass is 16.5. The summed E-state index contributed by atoms with van der Waals surface area (Å²) in [5, 5.41) is 12.8. The Morgan fingerprint density at radius 1 is 1.00 bits per heavy atom. The van der Waals surface area contributed by atoms with Gasteiger partial charge in [-0.25, -0.2) is 4.98 Å². The van der Waals surface area contributed by atoms with E-state index in [4.69, 9.17) is 4.74 Å². The van der Waals surface area contributed by atoms with E-state index in [1.807, 2.05) is 60.7 Å². The van der Waals surface area contributed by atoms with E-state index in [1.54, 1.807) is 24.7 Å². The van der Waals surface area contributed by atoms with Crippen molar-refractivity contribution in [3.63, 3.8) is 0 Å². The summed E-state index contributed by atoms with van der Waals surface area (Å²) < 4.78 is 5.95. The summed E-state index contributed by atoms with van der Waals surface area (Å²) in [4.78, 5) is 16.8. The van der Waals surface area contributed by atoms with Gasteiger partial charge in [-0.05, 0) is 35.4 Å². The Kier molecular flexibility index (Phi) is 6.00. The highest BCUT2D eigenvalue weighted by molar-refractivity contribution is 5.94. The number of anilines is 2. The molecule has 0 aliphatic rings. The third kappa shape index (κ3) is 5.02. The van der Waals surface area contributed by atoms with Crippen LogP contribution < -0.4 is 15.4 Å². The maximum atomic E-state index is 12.5. The van der Waals surface area contributed by atoms with Crippen LogP contribution in [0.3, 0.4) is 0 Å². The Labute approximate surface area is 174 Å². The third-order valence-electron chi connectivity index (χ3n) is 4.41. The number of benzene rings is 2. The average Bonchev–Trinajstić information content (AvgIpc) is 3.31. The molecule has 2 aromatic carbocycles. The van der Waals surface area contributed by atoms with E-state index in [9.17, 15) is 4.79 Å². The second-order valence-corrected chi connectivity index (χ2v) is 6.62. The molecule has 0 radical (unpaired) electrons. The number of pyridine rings is 1. The van der Waals surface area contributed by atoms with Gasteiger partial charge in [0.15, 0.2) is 11.6 Å². The number of nitrogens with one attached hydrogen (secondary N) is 3. The molecule has 2 aromatic heterocycles. The lowest BCUT2D eigenvalue weighted by atomic mass is 10.1. The predicted molar refractivity (Wildman–Crippen MR) is 114 cm³/mol. The number of hydrogen-bond donors (Lipinski definition) is 3. The number of nitrogens with zero attached hydrogens (tertiary/aromatic N) is 2. The van der Waals surface area contributed by atoms with Gasteiger partial charge in [-0.2, -0.15) is 5.10 Å². The van der Waals surface area contributed by atoms with Gasteiger partial charge in [-0.1, -0.05) is 42.5 Å². The number of carbonyl (C=O) groups excluding carboxylic acids is 1. The molecular formula is C23H21N5O2. The fraction of sp³-hybridized carbons (Fsp3) is 0.0870. The summed E-state index contributed by atoms with van der Waals surface area (Å²) in [6, 6.07) is 20.9. The Bertz CT molecular complexity index is 1100. The van der Waals surface area contributed by atoms with E-state index in [2.05, 4.69) is 25.8 Å². The highest BCUT2D eigenvalue weighted by Gasteiger charge is 2.09. The molecule has 0 aliphatic heterocycles. The molecular weight excluding hydrogens is 378 g/mol. The number of amides is 1. The zero-order valence-electron chi connectivity index (χ0n) is 16.2. The summed E-state index contributed by atoms with van der Waals surface area (Å²) in [7, 11) is 0. The van der Waals surface area contributed by atoms with Crippen LogP contribution in [0.4, 0.5) is 11.5 Å². The fourth-order valence-electron chi connectivity index (χ4n) is 2.90. The van der Waals surface area contributed by atoms with Crippen LogP contribution in [-0.4, -0.2) is 21.1 Å². The lowest BCUT2D eigenvalue weighted by molar-refractivity contribution is 0.0950. The van der Waals surface area contributed by atoms with Crippen LogP contribution in [0.1, 0.15) is 21.5 Å². The number of hydrogen-bond acceptors (Lipinski definition) is 5. The van der Waals surface area contributed by atoms with E-state index in [0.717, 1.165) is 16.8 Å². The number of aromatic nitrogens is 3. The molecule has 7 heteroatoms. The number of ether oxygens (including phenoxy) is 1. The van der Waals surface area contributed by atoms with Crippen molar-refractivity contribution >= 4 is 17.4 Å². The van der Waals surface area contributed by atoms with Gasteiger partial charge >= 0.3 is 0 Å². The van der Waals surface area contributed by atoms with Crippen LogP contribution in [0.25, 0.3) is 0 Å². The van der Waals surface area contributed by atoms with Gasteiger partial charge < -0.3 is 15.4 Å². The molecule has 0 atom stereocenters. The second-order valence-electron chi connectivity index (χ2n) is 6.62. The molecule has 0 unspecified atom stereocenters. The smallest absolute Gasteiger partial charge is 0.251 e. The van der Waals surface area contributed by atoms with Crippen molar-refractivity contribution in [2.24, 2.45) is 0 Å². The zero-order valence-corrected chi connectivity index (χ0v) is 16.2. The molecule has 2 heterocycles. The van der Waals surface area contributed by atoms with Gasteiger partial charge in [0.1, 0.15) is 6.61 Å². The number of rotatable bonds is 8. The lowest BCUT2D eigenvalue weighted by Gasteiger charge is -2.12. The first-order chi connectivity index (χ1) is 14.8. The predicted octanol–water partition coefficient (Wildman–Crippen LogP) is 4.06. The Balaban J connectivity index is 1.38. The Morgan fingerprint density at radius 3 is 2.70 bits per heavy atom. The quantitative estimate of drug-likeness (QED) is 0.416. The largest absolute Gasteiger partial charge is 0.485 e. The van der Waals surface area contributed by atoms with Crippen molar-refractivity contribution in [1.29, 1.82) is 0 Å². The van der Waals surface area contributed by atoms with Crippen LogP contribution in [0.2, 0.25) is 0 Å². The lowest BCUT2D eigenvalue weighted by Crippen LogP contribution is -2.22. The van der Waals surface area contributed by atoms with Gasteiger partial charge in [0.25, 0.3) is 5.91 Å².